The second kappa shape index (κ2) is 15.6. The van der Waals surface area contributed by atoms with E-state index in [1.165, 1.54) is 0 Å². The Morgan fingerprint density at radius 2 is 1.62 bits per heavy atom. The summed E-state index contributed by atoms with van der Waals surface area (Å²) >= 11 is 0. The molecule has 5 N–H and O–H groups in total. The molecule has 0 atom stereocenters. The van der Waals surface area contributed by atoms with E-state index in [1.807, 2.05) is 0 Å². The largest absolute Gasteiger partial charge is 0.481 e. The molecule has 0 saturated carbocycles. The summed E-state index contributed by atoms with van der Waals surface area (Å²) in [5.74, 6) is -0.745. The summed E-state index contributed by atoms with van der Waals surface area (Å²) in [4.78, 5) is 9.37. The van der Waals surface area contributed by atoms with Crippen molar-refractivity contribution in [1.29, 1.82) is 0 Å². The monoisotopic (exact) mass is 150 g/mol. The third-order valence-corrected chi connectivity index (χ3v) is 0.302. The Morgan fingerprint density at radius 1 is 1.50 bits per heavy atom. The van der Waals surface area contributed by atoms with E-state index in [0.29, 0.717) is 0 Å². The Labute approximate surface area is 77.5 Å². The summed E-state index contributed by atoms with van der Waals surface area (Å²) in [7, 11) is 0. The standard InChI is InChI=1S/C3H6O2.Ca.2H2O/c1-2-3(4)5;;;/h2H2,1H3,(H,4,5);;2*1H2. The number of hydrogen-bond acceptors (Lipinski definition) is 1. The van der Waals surface area contributed by atoms with Crippen LogP contribution < -0.4 is 0 Å². The number of carboxylic acid groups (broad SMARTS) is 1. The number of rotatable bonds is 1. The molecule has 0 aliphatic heterocycles. The average Bonchev–Trinajstić information content (AvgIpc) is 1.38. The molecule has 0 spiro atoms. The summed E-state index contributed by atoms with van der Waals surface area (Å²) in [6.45, 7) is 1.60. The van der Waals surface area contributed by atoms with Gasteiger partial charge in [-0.3, -0.25) is 4.79 Å². The molecule has 0 rings (SSSR count). The Morgan fingerprint density at radius 3 is 1.62 bits per heavy atom. The van der Waals surface area contributed by atoms with Gasteiger partial charge in [0.25, 0.3) is 0 Å². The fourth-order valence-electron chi connectivity index (χ4n) is 0. The van der Waals surface area contributed by atoms with Crippen LogP contribution in [0, 0.1) is 0 Å². The summed E-state index contributed by atoms with van der Waals surface area (Å²) in [6, 6.07) is 0. The van der Waals surface area contributed by atoms with Crippen LogP contribution in [0.3, 0.4) is 0 Å². The molecular formula is C3H10CaO4. The molecule has 0 aromatic carbocycles. The Hall–Kier alpha value is 0.650. The summed E-state index contributed by atoms with van der Waals surface area (Å²) in [5.41, 5.74) is 0. The van der Waals surface area contributed by atoms with E-state index in [0.717, 1.165) is 0 Å². The normalized spacial score (nSPS) is 4.62. The second-order valence-corrected chi connectivity index (χ2v) is 0.747. The van der Waals surface area contributed by atoms with Crippen LogP contribution >= 0.6 is 0 Å². The average molecular weight is 150 g/mol. The minimum absolute atomic E-state index is 0. The molecular weight excluding hydrogens is 140 g/mol. The fraction of sp³-hybridized carbons (Fsp3) is 0.667. The SMILES string of the molecule is CCC(=O)O.O.O.[Ca]. The van der Waals surface area contributed by atoms with Gasteiger partial charge in [-0.15, -0.1) is 0 Å². The van der Waals surface area contributed by atoms with Gasteiger partial charge in [-0.1, -0.05) is 6.92 Å². The van der Waals surface area contributed by atoms with Gasteiger partial charge in [0.05, 0.1) is 0 Å². The van der Waals surface area contributed by atoms with Gasteiger partial charge in [0, 0.05) is 44.2 Å². The minimum Gasteiger partial charge on any atom is -0.481 e. The van der Waals surface area contributed by atoms with Crippen LogP contribution in [0.4, 0.5) is 0 Å². The van der Waals surface area contributed by atoms with Crippen molar-refractivity contribution in [3.05, 3.63) is 0 Å². The molecule has 0 saturated heterocycles. The summed E-state index contributed by atoms with van der Waals surface area (Å²) in [6.07, 6.45) is 0.222. The van der Waals surface area contributed by atoms with Gasteiger partial charge in [0.1, 0.15) is 0 Å². The number of hydrogen-bond donors (Lipinski definition) is 1. The maximum absolute atomic E-state index is 9.37. The zero-order valence-electron chi connectivity index (χ0n) is 4.77. The van der Waals surface area contributed by atoms with Crippen molar-refractivity contribution >= 4 is 43.7 Å². The van der Waals surface area contributed by atoms with Gasteiger partial charge < -0.3 is 16.1 Å². The van der Waals surface area contributed by atoms with Gasteiger partial charge >= 0.3 is 5.97 Å². The molecule has 4 nitrogen and oxygen atoms in total. The fourth-order valence-corrected chi connectivity index (χ4v) is 0. The van der Waals surface area contributed by atoms with Gasteiger partial charge in [-0.2, -0.15) is 0 Å². The quantitative estimate of drug-likeness (QED) is 0.457. The van der Waals surface area contributed by atoms with Crippen LogP contribution in [-0.4, -0.2) is 59.8 Å². The van der Waals surface area contributed by atoms with E-state index in [9.17, 15) is 4.79 Å². The first-order valence-corrected chi connectivity index (χ1v) is 1.49. The van der Waals surface area contributed by atoms with Gasteiger partial charge in [0.2, 0.25) is 0 Å². The molecule has 0 amide bonds. The van der Waals surface area contributed by atoms with Crippen molar-refractivity contribution in [3.63, 3.8) is 0 Å². The molecule has 0 heterocycles. The van der Waals surface area contributed by atoms with Crippen LogP contribution in [0.1, 0.15) is 13.3 Å². The first kappa shape index (κ1) is 23.4. The topological polar surface area (TPSA) is 100 Å². The molecule has 5 heteroatoms. The van der Waals surface area contributed by atoms with Crippen molar-refractivity contribution in [3.8, 4) is 0 Å². The second-order valence-electron chi connectivity index (χ2n) is 0.747. The van der Waals surface area contributed by atoms with Crippen molar-refractivity contribution in [2.45, 2.75) is 13.3 Å². The van der Waals surface area contributed by atoms with E-state index >= 15 is 0 Å². The van der Waals surface area contributed by atoms with Crippen LogP contribution in [0.15, 0.2) is 0 Å². The van der Waals surface area contributed by atoms with E-state index in [1.54, 1.807) is 6.92 Å². The smallest absolute Gasteiger partial charge is 0.303 e. The zero-order chi connectivity index (χ0) is 4.28. The van der Waals surface area contributed by atoms with Gasteiger partial charge in [-0.25, -0.2) is 0 Å². The van der Waals surface area contributed by atoms with Crippen LogP contribution in [0.2, 0.25) is 0 Å². The molecule has 48 valence electrons. The van der Waals surface area contributed by atoms with Crippen molar-refractivity contribution in [2.24, 2.45) is 0 Å². The molecule has 0 aliphatic carbocycles. The third kappa shape index (κ3) is 30.2. The Bertz CT molecular complexity index is 46.5. The Balaban J connectivity index is -0.0000000267. The maximum atomic E-state index is 9.37. The number of aliphatic carboxylic acids is 1. The van der Waals surface area contributed by atoms with Gasteiger partial charge in [0.15, 0.2) is 0 Å². The first-order valence-electron chi connectivity index (χ1n) is 1.49. The van der Waals surface area contributed by atoms with Crippen molar-refractivity contribution in [1.82, 2.24) is 0 Å². The third-order valence-electron chi connectivity index (χ3n) is 0.302. The number of carboxylic acids is 1. The molecule has 8 heavy (non-hydrogen) atoms. The van der Waals surface area contributed by atoms with Crippen molar-refractivity contribution in [2.75, 3.05) is 0 Å². The molecule has 2 radical (unpaired) electrons. The predicted octanol–water partition coefficient (Wildman–Crippen LogP) is -1.55. The van der Waals surface area contributed by atoms with E-state index < -0.39 is 5.97 Å². The number of carbonyl (C=O) groups is 1. The van der Waals surface area contributed by atoms with Gasteiger partial charge in [-0.05, 0) is 0 Å². The maximum Gasteiger partial charge on any atom is 0.303 e. The zero-order valence-corrected chi connectivity index (χ0v) is 6.98. The predicted molar refractivity (Wildman–Crippen MR) is 30.9 cm³/mol. The van der Waals surface area contributed by atoms with Crippen LogP contribution in [-0.2, 0) is 4.79 Å². The van der Waals surface area contributed by atoms with E-state index in [2.05, 4.69) is 0 Å². The van der Waals surface area contributed by atoms with Crippen molar-refractivity contribution < 1.29 is 20.9 Å². The molecule has 0 aromatic rings. The summed E-state index contributed by atoms with van der Waals surface area (Å²) in [5, 5.41) is 7.72. The molecule has 0 fully saturated rings. The van der Waals surface area contributed by atoms with Crippen LogP contribution in [0.25, 0.3) is 0 Å². The molecule has 0 aliphatic rings. The van der Waals surface area contributed by atoms with E-state index in [-0.39, 0.29) is 55.1 Å². The summed E-state index contributed by atoms with van der Waals surface area (Å²) < 4.78 is 0. The first-order chi connectivity index (χ1) is 2.27. The molecule has 0 bridgehead atoms. The minimum atomic E-state index is -0.745. The Kier molecular flexibility index (Phi) is 45.8. The van der Waals surface area contributed by atoms with Crippen LogP contribution in [0.5, 0.6) is 0 Å². The van der Waals surface area contributed by atoms with E-state index in [4.69, 9.17) is 5.11 Å². The molecule has 0 unspecified atom stereocenters. The molecule has 0 aromatic heterocycles.